The fraction of sp³-hybridized carbons (Fsp3) is 0.167. The van der Waals surface area contributed by atoms with Crippen molar-refractivity contribution in [1.82, 2.24) is 0 Å². The fourth-order valence-corrected chi connectivity index (χ4v) is 4.72. The SMILES string of the molecule is CC(C)C1c2c(ccc3cc(Cl)ccc23)Oc2ccc3cc(Cl)ccc3c21. The average molecular weight is 393 g/mol. The van der Waals surface area contributed by atoms with Crippen molar-refractivity contribution in [3.05, 3.63) is 81.8 Å². The van der Waals surface area contributed by atoms with E-state index in [0.717, 1.165) is 32.3 Å². The van der Waals surface area contributed by atoms with Crippen molar-refractivity contribution in [2.45, 2.75) is 19.8 Å². The molecule has 0 amide bonds. The van der Waals surface area contributed by atoms with Gasteiger partial charge in [-0.05, 0) is 63.9 Å². The molecule has 3 heteroatoms. The van der Waals surface area contributed by atoms with Gasteiger partial charge in [0.05, 0.1) is 0 Å². The number of rotatable bonds is 1. The largest absolute Gasteiger partial charge is 0.457 e. The first-order valence-corrected chi connectivity index (χ1v) is 9.90. The van der Waals surface area contributed by atoms with E-state index in [1.54, 1.807) is 0 Å². The Labute approximate surface area is 168 Å². The van der Waals surface area contributed by atoms with E-state index in [1.165, 1.54) is 21.9 Å². The second kappa shape index (κ2) is 6.15. The highest BCUT2D eigenvalue weighted by Crippen LogP contribution is 2.52. The molecule has 1 nitrogen and oxygen atoms in total. The van der Waals surface area contributed by atoms with Gasteiger partial charge in [0.25, 0.3) is 0 Å². The van der Waals surface area contributed by atoms with Gasteiger partial charge < -0.3 is 4.74 Å². The van der Waals surface area contributed by atoms with Crippen molar-refractivity contribution >= 4 is 44.7 Å². The highest BCUT2D eigenvalue weighted by atomic mass is 35.5. The van der Waals surface area contributed by atoms with Crippen LogP contribution in [0.15, 0.2) is 60.7 Å². The summed E-state index contributed by atoms with van der Waals surface area (Å²) in [6.45, 7) is 4.54. The molecular weight excluding hydrogens is 375 g/mol. The number of hydrogen-bond donors (Lipinski definition) is 0. The van der Waals surface area contributed by atoms with Gasteiger partial charge in [-0.1, -0.05) is 61.3 Å². The summed E-state index contributed by atoms with van der Waals surface area (Å²) >= 11 is 12.5. The minimum Gasteiger partial charge on any atom is -0.457 e. The van der Waals surface area contributed by atoms with Crippen molar-refractivity contribution in [3.8, 4) is 11.5 Å². The zero-order chi connectivity index (χ0) is 18.7. The summed E-state index contributed by atoms with van der Waals surface area (Å²) in [4.78, 5) is 0. The molecule has 0 unspecified atom stereocenters. The summed E-state index contributed by atoms with van der Waals surface area (Å²) in [5, 5.41) is 6.19. The molecule has 27 heavy (non-hydrogen) atoms. The quantitative estimate of drug-likeness (QED) is 0.317. The lowest BCUT2D eigenvalue weighted by Gasteiger charge is -2.33. The van der Waals surface area contributed by atoms with E-state index in [4.69, 9.17) is 27.9 Å². The minimum atomic E-state index is 0.235. The molecule has 0 fully saturated rings. The Kier molecular flexibility index (Phi) is 3.86. The van der Waals surface area contributed by atoms with E-state index >= 15 is 0 Å². The second-order valence-electron chi connectivity index (χ2n) is 7.51. The molecule has 1 aliphatic heterocycles. The Hall–Kier alpha value is -2.22. The molecule has 0 bridgehead atoms. The Morgan fingerprint density at radius 3 is 1.63 bits per heavy atom. The summed E-state index contributed by atoms with van der Waals surface area (Å²) in [5.41, 5.74) is 2.49. The molecule has 0 aliphatic carbocycles. The zero-order valence-corrected chi connectivity index (χ0v) is 16.6. The molecule has 4 aromatic carbocycles. The standard InChI is InChI=1S/C24H18Cl2O/c1-13(2)22-23-18-7-5-16(25)11-14(18)3-9-20(23)27-21-10-4-15-12-17(26)6-8-19(15)24(21)22/h3-13,22H,1-2H3. The summed E-state index contributed by atoms with van der Waals surface area (Å²) in [5.74, 6) is 2.51. The van der Waals surface area contributed by atoms with E-state index in [2.05, 4.69) is 50.2 Å². The Bertz CT molecular complexity index is 1120. The third-order valence-corrected chi connectivity index (χ3v) is 5.95. The number of ether oxygens (including phenoxy) is 1. The van der Waals surface area contributed by atoms with Gasteiger partial charge in [-0.2, -0.15) is 0 Å². The maximum atomic E-state index is 6.37. The Morgan fingerprint density at radius 2 is 1.19 bits per heavy atom. The van der Waals surface area contributed by atoms with Crippen LogP contribution in [-0.4, -0.2) is 0 Å². The van der Waals surface area contributed by atoms with Crippen LogP contribution in [0.2, 0.25) is 10.0 Å². The van der Waals surface area contributed by atoms with Gasteiger partial charge in [-0.25, -0.2) is 0 Å². The topological polar surface area (TPSA) is 9.23 Å². The molecular formula is C24H18Cl2O. The highest BCUT2D eigenvalue weighted by Gasteiger charge is 2.32. The monoisotopic (exact) mass is 392 g/mol. The van der Waals surface area contributed by atoms with Gasteiger partial charge in [-0.15, -0.1) is 0 Å². The van der Waals surface area contributed by atoms with Crippen molar-refractivity contribution < 1.29 is 4.74 Å². The summed E-state index contributed by atoms with van der Waals surface area (Å²) in [7, 11) is 0. The number of benzene rings is 4. The van der Waals surface area contributed by atoms with E-state index in [9.17, 15) is 0 Å². The number of halogens is 2. The van der Waals surface area contributed by atoms with Crippen molar-refractivity contribution in [3.63, 3.8) is 0 Å². The van der Waals surface area contributed by atoms with Crippen LogP contribution < -0.4 is 4.74 Å². The fourth-order valence-electron chi connectivity index (χ4n) is 4.36. The predicted octanol–water partition coefficient (Wildman–Crippen LogP) is 8.19. The van der Waals surface area contributed by atoms with Gasteiger partial charge in [0.1, 0.15) is 11.5 Å². The van der Waals surface area contributed by atoms with Crippen LogP contribution >= 0.6 is 23.2 Å². The molecule has 0 atom stereocenters. The Morgan fingerprint density at radius 1 is 0.704 bits per heavy atom. The van der Waals surface area contributed by atoms with Crippen LogP contribution in [0, 0.1) is 5.92 Å². The van der Waals surface area contributed by atoms with Crippen molar-refractivity contribution in [2.75, 3.05) is 0 Å². The average Bonchev–Trinajstić information content (AvgIpc) is 2.65. The van der Waals surface area contributed by atoms with Gasteiger partial charge in [-0.3, -0.25) is 0 Å². The third-order valence-electron chi connectivity index (χ3n) is 5.48. The van der Waals surface area contributed by atoms with Crippen molar-refractivity contribution in [2.24, 2.45) is 5.92 Å². The van der Waals surface area contributed by atoms with Gasteiger partial charge in [0.2, 0.25) is 0 Å². The summed E-state index contributed by atoms with van der Waals surface area (Å²) < 4.78 is 6.37. The lowest BCUT2D eigenvalue weighted by atomic mass is 9.76. The smallest absolute Gasteiger partial charge is 0.131 e. The van der Waals surface area contributed by atoms with Crippen LogP contribution in [-0.2, 0) is 0 Å². The van der Waals surface area contributed by atoms with Gasteiger partial charge in [0.15, 0.2) is 0 Å². The predicted molar refractivity (Wildman–Crippen MR) is 115 cm³/mol. The van der Waals surface area contributed by atoms with E-state index in [0.29, 0.717) is 5.92 Å². The second-order valence-corrected chi connectivity index (χ2v) is 8.38. The maximum absolute atomic E-state index is 6.37. The maximum Gasteiger partial charge on any atom is 0.131 e. The van der Waals surface area contributed by atoms with Gasteiger partial charge >= 0.3 is 0 Å². The first-order valence-electron chi connectivity index (χ1n) is 9.15. The number of hydrogen-bond acceptors (Lipinski definition) is 1. The van der Waals surface area contributed by atoms with Crippen LogP contribution in [0.1, 0.15) is 30.9 Å². The lowest BCUT2D eigenvalue weighted by molar-refractivity contribution is 0.424. The molecule has 134 valence electrons. The zero-order valence-electron chi connectivity index (χ0n) is 15.1. The molecule has 0 N–H and O–H groups in total. The summed E-state index contributed by atoms with van der Waals surface area (Å²) in [6.07, 6.45) is 0. The first-order chi connectivity index (χ1) is 13.0. The first kappa shape index (κ1) is 16.9. The molecule has 1 aliphatic rings. The van der Waals surface area contributed by atoms with Crippen molar-refractivity contribution in [1.29, 1.82) is 0 Å². The molecule has 0 aromatic heterocycles. The molecule has 0 saturated heterocycles. The van der Waals surface area contributed by atoms with Crippen LogP contribution in [0.4, 0.5) is 0 Å². The molecule has 0 spiro atoms. The third kappa shape index (κ3) is 2.61. The molecule has 1 heterocycles. The minimum absolute atomic E-state index is 0.235. The summed E-state index contributed by atoms with van der Waals surface area (Å²) in [6, 6.07) is 20.5. The Balaban J connectivity index is 1.87. The van der Waals surface area contributed by atoms with Gasteiger partial charge in [0, 0.05) is 27.1 Å². The highest BCUT2D eigenvalue weighted by molar-refractivity contribution is 6.31. The van der Waals surface area contributed by atoms with E-state index in [1.807, 2.05) is 24.3 Å². The molecule has 5 rings (SSSR count). The molecule has 4 aromatic rings. The molecule has 0 radical (unpaired) electrons. The lowest BCUT2D eigenvalue weighted by Crippen LogP contribution is -2.16. The van der Waals surface area contributed by atoms with E-state index < -0.39 is 0 Å². The normalized spacial score (nSPS) is 13.7. The van der Waals surface area contributed by atoms with Crippen LogP contribution in [0.3, 0.4) is 0 Å². The molecule has 0 saturated carbocycles. The number of fused-ring (bicyclic) bond motifs is 6. The van der Waals surface area contributed by atoms with E-state index in [-0.39, 0.29) is 5.92 Å². The van der Waals surface area contributed by atoms with Crippen LogP contribution in [0.25, 0.3) is 21.5 Å². The van der Waals surface area contributed by atoms with Crippen LogP contribution in [0.5, 0.6) is 11.5 Å².